The summed E-state index contributed by atoms with van der Waals surface area (Å²) in [7, 11) is -3.50. The number of H-pyrrole nitrogens is 1. The van der Waals surface area contributed by atoms with Gasteiger partial charge >= 0.3 is 0 Å². The molecule has 1 heterocycles. The van der Waals surface area contributed by atoms with Crippen molar-refractivity contribution < 1.29 is 18.1 Å². The van der Waals surface area contributed by atoms with Crippen molar-refractivity contribution in [3.63, 3.8) is 0 Å². The summed E-state index contributed by atoms with van der Waals surface area (Å²) in [4.78, 5) is 25.6. The average molecular weight is 514 g/mol. The molecule has 2 aromatic carbocycles. The molecule has 0 aliphatic carbocycles. The number of unbranched alkanes of at least 4 members (excludes halogenated alkanes) is 7. The van der Waals surface area contributed by atoms with Crippen molar-refractivity contribution in [2.75, 3.05) is 12.3 Å². The molecule has 2 N–H and O–H groups in total. The van der Waals surface area contributed by atoms with Crippen molar-refractivity contribution in [1.82, 2.24) is 10.3 Å². The van der Waals surface area contributed by atoms with Crippen molar-refractivity contribution in [2.24, 2.45) is 0 Å². The van der Waals surface area contributed by atoms with Crippen LogP contribution in [0.4, 0.5) is 5.69 Å². The van der Waals surface area contributed by atoms with Gasteiger partial charge in [0.2, 0.25) is 5.91 Å². The molecule has 3 aromatic rings. The monoisotopic (exact) mass is 513 g/mol. The predicted octanol–water partition coefficient (Wildman–Crippen LogP) is 5.72. The van der Waals surface area contributed by atoms with Gasteiger partial charge in [-0.1, -0.05) is 62.8 Å². The summed E-state index contributed by atoms with van der Waals surface area (Å²) in [6.07, 6.45) is 10.7. The zero-order valence-electron chi connectivity index (χ0n) is 20.6. The van der Waals surface area contributed by atoms with Crippen molar-refractivity contribution in [1.29, 1.82) is 0 Å². The van der Waals surface area contributed by atoms with Crippen LogP contribution in [0.1, 0.15) is 63.4 Å². The van der Waals surface area contributed by atoms with Gasteiger partial charge in [-0.3, -0.25) is 14.9 Å². The van der Waals surface area contributed by atoms with Gasteiger partial charge in [0.15, 0.2) is 9.84 Å². The highest BCUT2D eigenvalue weighted by atomic mass is 32.2. The molecule has 1 amide bonds. The fourth-order valence-corrected chi connectivity index (χ4v) is 5.72. The van der Waals surface area contributed by atoms with Gasteiger partial charge in [-0.25, -0.2) is 8.42 Å². The Hall–Kier alpha value is -3.20. The van der Waals surface area contributed by atoms with Crippen LogP contribution in [0.15, 0.2) is 59.6 Å². The maximum atomic E-state index is 12.4. The topological polar surface area (TPSA) is 122 Å². The van der Waals surface area contributed by atoms with Crippen molar-refractivity contribution in [2.45, 2.75) is 69.1 Å². The summed E-state index contributed by atoms with van der Waals surface area (Å²) in [5, 5.41) is 15.1. The van der Waals surface area contributed by atoms with Crippen LogP contribution in [0.25, 0.3) is 10.9 Å². The predicted molar refractivity (Wildman–Crippen MR) is 142 cm³/mol. The van der Waals surface area contributed by atoms with E-state index in [2.05, 4.69) is 16.4 Å². The van der Waals surface area contributed by atoms with Crippen molar-refractivity contribution in [3.05, 3.63) is 70.4 Å². The quantitative estimate of drug-likeness (QED) is 0.144. The largest absolute Gasteiger partial charge is 0.361 e. The Labute approximate surface area is 212 Å². The number of non-ortho nitro benzene ring substituents is 1. The molecule has 0 saturated heterocycles. The molecule has 8 nitrogen and oxygen atoms in total. The van der Waals surface area contributed by atoms with Gasteiger partial charge in [0.05, 0.1) is 15.6 Å². The normalized spacial score (nSPS) is 11.6. The van der Waals surface area contributed by atoms with E-state index in [1.165, 1.54) is 29.1 Å². The molecule has 0 unspecified atom stereocenters. The number of aromatic nitrogens is 1. The van der Waals surface area contributed by atoms with E-state index in [0.717, 1.165) is 62.9 Å². The number of sulfone groups is 1. The molecule has 0 saturated carbocycles. The Morgan fingerprint density at radius 3 is 2.36 bits per heavy atom. The molecule has 0 bridgehead atoms. The highest BCUT2D eigenvalue weighted by Crippen LogP contribution is 2.20. The average Bonchev–Trinajstić information content (AvgIpc) is 3.28. The van der Waals surface area contributed by atoms with Crippen LogP contribution >= 0.6 is 0 Å². The Morgan fingerprint density at radius 1 is 0.917 bits per heavy atom. The smallest absolute Gasteiger partial charge is 0.270 e. The number of hydrogen-bond donors (Lipinski definition) is 2. The van der Waals surface area contributed by atoms with Crippen LogP contribution in [0, 0.1) is 10.1 Å². The second-order valence-corrected chi connectivity index (χ2v) is 11.2. The highest BCUT2D eigenvalue weighted by molar-refractivity contribution is 7.91. The number of nitrogens with zero attached hydrogens (tertiary/aromatic N) is 1. The van der Waals surface area contributed by atoms with Gasteiger partial charge in [-0.05, 0) is 37.0 Å². The van der Waals surface area contributed by atoms with E-state index in [1.807, 2.05) is 24.4 Å². The molecule has 3 rings (SSSR count). The lowest BCUT2D eigenvalue weighted by molar-refractivity contribution is -0.385. The zero-order chi connectivity index (χ0) is 25.8. The Bertz CT molecular complexity index is 1250. The van der Waals surface area contributed by atoms with Gasteiger partial charge in [0, 0.05) is 42.2 Å². The van der Waals surface area contributed by atoms with Crippen molar-refractivity contribution in [3.8, 4) is 0 Å². The fraction of sp³-hybridized carbons (Fsp3) is 0.444. The number of carbonyl (C=O) groups excluding carboxylic acids is 1. The van der Waals surface area contributed by atoms with E-state index < -0.39 is 14.8 Å². The minimum Gasteiger partial charge on any atom is -0.361 e. The number of rotatable bonds is 16. The van der Waals surface area contributed by atoms with Crippen LogP contribution in [0.5, 0.6) is 0 Å². The molecule has 1 aromatic heterocycles. The summed E-state index contributed by atoms with van der Waals surface area (Å²) in [5.74, 6) is 0.101. The number of benzene rings is 2. The van der Waals surface area contributed by atoms with E-state index in [9.17, 15) is 23.3 Å². The molecule has 36 heavy (non-hydrogen) atoms. The van der Waals surface area contributed by atoms with Crippen LogP contribution in [0.2, 0.25) is 0 Å². The van der Waals surface area contributed by atoms with E-state index >= 15 is 0 Å². The standard InChI is InChI=1S/C27H35N3O5S/c31-27(28-18-17-22-21-29-26-15-9-8-14-25(22)26)16-7-5-3-1-2-4-6-10-19-36(34,35)24-13-11-12-23(20-24)30(32)33/h8-9,11-15,20-21,29H,1-7,10,16-19H2,(H,28,31). The number of nitro benzene ring substituents is 1. The van der Waals surface area contributed by atoms with Gasteiger partial charge in [0.1, 0.15) is 0 Å². The van der Waals surface area contributed by atoms with Gasteiger partial charge in [-0.15, -0.1) is 0 Å². The fourth-order valence-electron chi connectivity index (χ4n) is 4.31. The molecule has 0 radical (unpaired) electrons. The maximum absolute atomic E-state index is 12.4. The molecule has 9 heteroatoms. The molecular weight excluding hydrogens is 478 g/mol. The first kappa shape index (κ1) is 27.4. The number of carbonyl (C=O) groups is 1. The van der Waals surface area contributed by atoms with E-state index in [1.54, 1.807) is 0 Å². The first-order valence-electron chi connectivity index (χ1n) is 12.7. The summed E-state index contributed by atoms with van der Waals surface area (Å²) in [6.45, 7) is 0.636. The molecule has 194 valence electrons. The highest BCUT2D eigenvalue weighted by Gasteiger charge is 2.17. The third-order valence-electron chi connectivity index (χ3n) is 6.35. The van der Waals surface area contributed by atoms with Crippen molar-refractivity contribution >= 4 is 32.3 Å². The van der Waals surface area contributed by atoms with Crippen LogP contribution in [-0.2, 0) is 21.1 Å². The molecular formula is C27H35N3O5S. The third-order valence-corrected chi connectivity index (χ3v) is 8.14. The lowest BCUT2D eigenvalue weighted by atomic mass is 10.1. The van der Waals surface area contributed by atoms with Gasteiger partial charge in [0.25, 0.3) is 5.69 Å². The van der Waals surface area contributed by atoms with E-state index in [-0.39, 0.29) is 22.2 Å². The Morgan fingerprint density at radius 2 is 1.61 bits per heavy atom. The van der Waals surface area contributed by atoms with Crippen LogP contribution in [0.3, 0.4) is 0 Å². The molecule has 0 spiro atoms. The summed E-state index contributed by atoms with van der Waals surface area (Å²) in [5.41, 5.74) is 2.12. The Kier molecular flexibility index (Phi) is 10.5. The Balaban J connectivity index is 1.18. The third kappa shape index (κ3) is 8.48. The second-order valence-electron chi connectivity index (χ2n) is 9.11. The number of nitrogens with one attached hydrogen (secondary N) is 2. The molecule has 0 fully saturated rings. The van der Waals surface area contributed by atoms with Gasteiger partial charge < -0.3 is 10.3 Å². The maximum Gasteiger partial charge on any atom is 0.270 e. The first-order valence-corrected chi connectivity index (χ1v) is 14.3. The number of aromatic amines is 1. The lowest BCUT2D eigenvalue weighted by Crippen LogP contribution is -2.25. The number of para-hydroxylation sites is 1. The first-order chi connectivity index (χ1) is 17.4. The minimum atomic E-state index is -3.50. The second kappa shape index (κ2) is 13.8. The van der Waals surface area contributed by atoms with Crippen LogP contribution in [-0.4, -0.2) is 36.5 Å². The van der Waals surface area contributed by atoms with E-state index in [4.69, 9.17) is 0 Å². The SMILES string of the molecule is O=C(CCCCCCCCCCS(=O)(=O)c1cccc([N+](=O)[O-])c1)NCCc1c[nH]c2ccccc12. The number of fused-ring (bicyclic) bond motifs is 1. The molecule has 0 aliphatic heterocycles. The lowest BCUT2D eigenvalue weighted by Gasteiger charge is -2.06. The van der Waals surface area contributed by atoms with E-state index in [0.29, 0.717) is 19.4 Å². The number of nitro groups is 1. The molecule has 0 aliphatic rings. The summed E-state index contributed by atoms with van der Waals surface area (Å²) in [6, 6.07) is 13.4. The number of amides is 1. The van der Waals surface area contributed by atoms with Gasteiger partial charge in [-0.2, -0.15) is 0 Å². The number of hydrogen-bond acceptors (Lipinski definition) is 5. The molecule has 0 atom stereocenters. The summed E-state index contributed by atoms with van der Waals surface area (Å²) >= 11 is 0. The zero-order valence-corrected chi connectivity index (χ0v) is 21.4. The van der Waals surface area contributed by atoms with Crippen LogP contribution < -0.4 is 5.32 Å². The minimum absolute atomic E-state index is 0.00356. The summed E-state index contributed by atoms with van der Waals surface area (Å²) < 4.78 is 24.8.